The molecule has 1 saturated heterocycles. The lowest BCUT2D eigenvalue weighted by Crippen LogP contribution is -2.42. The van der Waals surface area contributed by atoms with Gasteiger partial charge in [0.25, 0.3) is 0 Å². The molecule has 5 nitrogen and oxygen atoms in total. The highest BCUT2D eigenvalue weighted by atomic mass is 32.1. The van der Waals surface area contributed by atoms with Gasteiger partial charge in [-0.2, -0.15) is 0 Å². The summed E-state index contributed by atoms with van der Waals surface area (Å²) in [5, 5.41) is 3.88. The van der Waals surface area contributed by atoms with Crippen molar-refractivity contribution < 1.29 is 9.53 Å². The molecule has 2 aliphatic rings. The first-order chi connectivity index (χ1) is 11.3. The molecule has 6 heteroatoms. The van der Waals surface area contributed by atoms with Crippen molar-refractivity contribution in [1.29, 1.82) is 0 Å². The Morgan fingerprint density at radius 3 is 2.96 bits per heavy atom. The van der Waals surface area contributed by atoms with Crippen molar-refractivity contribution >= 4 is 17.4 Å². The van der Waals surface area contributed by atoms with Crippen molar-refractivity contribution in [3.8, 4) is 5.06 Å². The second-order valence-corrected chi connectivity index (χ2v) is 7.37. The maximum atomic E-state index is 11.9. The highest BCUT2D eigenvalue weighted by Crippen LogP contribution is 2.33. The maximum Gasteiger partial charge on any atom is 0.317 e. The Hall–Kier alpha value is -1.27. The van der Waals surface area contributed by atoms with Gasteiger partial charge in [0, 0.05) is 31.1 Å². The molecule has 1 fully saturated rings. The Bertz CT molecular complexity index is 526. The number of fused-ring (bicyclic) bond motifs is 1. The molecule has 2 aliphatic heterocycles. The van der Waals surface area contributed by atoms with Crippen molar-refractivity contribution in [2.45, 2.75) is 39.2 Å². The third-order valence-electron chi connectivity index (χ3n) is 4.52. The van der Waals surface area contributed by atoms with Gasteiger partial charge >= 0.3 is 6.03 Å². The Balaban J connectivity index is 1.45. The summed E-state index contributed by atoms with van der Waals surface area (Å²) in [6.07, 6.45) is 4.73. The van der Waals surface area contributed by atoms with Crippen molar-refractivity contribution in [3.63, 3.8) is 0 Å². The second kappa shape index (κ2) is 8.02. The van der Waals surface area contributed by atoms with E-state index < -0.39 is 0 Å². The molecule has 0 unspecified atom stereocenters. The fraction of sp³-hybridized carbons (Fsp3) is 0.706. The van der Waals surface area contributed by atoms with Gasteiger partial charge in [0.2, 0.25) is 0 Å². The molecular weight excluding hydrogens is 310 g/mol. The van der Waals surface area contributed by atoms with E-state index in [-0.39, 0.29) is 6.03 Å². The minimum Gasteiger partial charge on any atom is -0.484 e. The predicted octanol–water partition coefficient (Wildman–Crippen LogP) is 2.70. The van der Waals surface area contributed by atoms with Crippen LogP contribution >= 0.6 is 11.3 Å². The molecule has 0 saturated carbocycles. The van der Waals surface area contributed by atoms with Crippen LogP contribution in [0.15, 0.2) is 6.07 Å². The molecular formula is C17H27N3O2S. The van der Waals surface area contributed by atoms with E-state index >= 15 is 0 Å². The SMILES string of the molecule is CCNC(=O)N1CCc2sc(OCCCN3CCCC3)cc2C1. The highest BCUT2D eigenvalue weighted by molar-refractivity contribution is 7.14. The van der Waals surface area contributed by atoms with Gasteiger partial charge in [-0.05, 0) is 57.3 Å². The standard InChI is InChI=1S/C17H27N3O2S/c1-2-18-17(21)20-10-6-15-14(13-20)12-16(23-15)22-11-5-9-19-7-3-4-8-19/h12H,2-11,13H2,1H3,(H,18,21). The number of hydrogen-bond acceptors (Lipinski definition) is 4. The van der Waals surface area contributed by atoms with Crippen LogP contribution in [0.5, 0.6) is 5.06 Å². The van der Waals surface area contributed by atoms with Crippen LogP contribution in [-0.4, -0.2) is 55.2 Å². The second-order valence-electron chi connectivity index (χ2n) is 6.27. The summed E-state index contributed by atoms with van der Waals surface area (Å²) < 4.78 is 5.93. The Kier molecular flexibility index (Phi) is 5.78. The average molecular weight is 337 g/mol. The van der Waals surface area contributed by atoms with Crippen LogP contribution in [0.4, 0.5) is 4.79 Å². The average Bonchev–Trinajstić information content (AvgIpc) is 3.20. The van der Waals surface area contributed by atoms with E-state index in [0.717, 1.165) is 37.6 Å². The molecule has 0 spiro atoms. The Morgan fingerprint density at radius 1 is 1.35 bits per heavy atom. The third kappa shape index (κ3) is 4.38. The van der Waals surface area contributed by atoms with E-state index in [9.17, 15) is 4.79 Å². The van der Waals surface area contributed by atoms with Crippen molar-refractivity contribution in [2.24, 2.45) is 0 Å². The van der Waals surface area contributed by atoms with Crippen LogP contribution in [-0.2, 0) is 13.0 Å². The van der Waals surface area contributed by atoms with Gasteiger partial charge in [-0.15, -0.1) is 11.3 Å². The monoisotopic (exact) mass is 337 g/mol. The van der Waals surface area contributed by atoms with Gasteiger partial charge in [-0.25, -0.2) is 4.79 Å². The first-order valence-corrected chi connectivity index (χ1v) is 9.57. The molecule has 3 rings (SSSR count). The number of hydrogen-bond donors (Lipinski definition) is 1. The van der Waals surface area contributed by atoms with Gasteiger partial charge in [-0.3, -0.25) is 0 Å². The number of nitrogens with one attached hydrogen (secondary N) is 1. The van der Waals surface area contributed by atoms with Crippen molar-refractivity contribution in [3.05, 3.63) is 16.5 Å². The van der Waals surface area contributed by atoms with Gasteiger partial charge in [0.05, 0.1) is 6.61 Å². The predicted molar refractivity (Wildman–Crippen MR) is 93.3 cm³/mol. The largest absolute Gasteiger partial charge is 0.484 e. The minimum atomic E-state index is 0.0393. The van der Waals surface area contributed by atoms with Gasteiger partial charge in [0.1, 0.15) is 0 Å². The molecule has 0 aromatic carbocycles. The summed E-state index contributed by atoms with van der Waals surface area (Å²) in [6.45, 7) is 8.57. The van der Waals surface area contributed by atoms with Crippen LogP contribution in [0.1, 0.15) is 36.6 Å². The molecule has 3 heterocycles. The third-order valence-corrected chi connectivity index (χ3v) is 5.67. The summed E-state index contributed by atoms with van der Waals surface area (Å²) in [7, 11) is 0. The van der Waals surface area contributed by atoms with Crippen molar-refractivity contribution in [2.75, 3.05) is 39.3 Å². The zero-order chi connectivity index (χ0) is 16.1. The molecule has 1 aromatic rings. The fourth-order valence-electron chi connectivity index (χ4n) is 3.28. The Morgan fingerprint density at radius 2 is 2.17 bits per heavy atom. The first-order valence-electron chi connectivity index (χ1n) is 8.76. The molecule has 1 N–H and O–H groups in total. The summed E-state index contributed by atoms with van der Waals surface area (Å²) >= 11 is 1.75. The number of rotatable bonds is 6. The van der Waals surface area contributed by atoms with E-state index in [1.165, 1.54) is 36.4 Å². The van der Waals surface area contributed by atoms with E-state index in [2.05, 4.69) is 16.3 Å². The molecule has 23 heavy (non-hydrogen) atoms. The molecule has 0 atom stereocenters. The molecule has 0 radical (unpaired) electrons. The number of amides is 2. The summed E-state index contributed by atoms with van der Waals surface area (Å²) in [6, 6.07) is 2.17. The number of ether oxygens (including phenoxy) is 1. The maximum absolute atomic E-state index is 11.9. The van der Waals surface area contributed by atoms with E-state index in [0.29, 0.717) is 13.1 Å². The van der Waals surface area contributed by atoms with Gasteiger partial charge in [0.15, 0.2) is 5.06 Å². The number of carbonyl (C=O) groups is 1. The number of thiophene rings is 1. The highest BCUT2D eigenvalue weighted by Gasteiger charge is 2.22. The van der Waals surface area contributed by atoms with E-state index in [1.807, 2.05) is 11.8 Å². The molecule has 2 amide bonds. The fourth-order valence-corrected chi connectivity index (χ4v) is 4.31. The van der Waals surface area contributed by atoms with E-state index in [1.54, 1.807) is 11.3 Å². The lowest BCUT2D eigenvalue weighted by molar-refractivity contribution is 0.193. The topological polar surface area (TPSA) is 44.8 Å². The summed E-state index contributed by atoms with van der Waals surface area (Å²) in [4.78, 5) is 17.7. The first kappa shape index (κ1) is 16.6. The van der Waals surface area contributed by atoms with Crippen LogP contribution in [0.25, 0.3) is 0 Å². The quantitative estimate of drug-likeness (QED) is 0.812. The molecule has 0 bridgehead atoms. The molecule has 0 aliphatic carbocycles. The summed E-state index contributed by atoms with van der Waals surface area (Å²) in [5.41, 5.74) is 1.25. The zero-order valence-corrected chi connectivity index (χ0v) is 14.8. The number of likely N-dealkylation sites (tertiary alicyclic amines) is 1. The normalized spacial score (nSPS) is 18.0. The molecule has 1 aromatic heterocycles. The van der Waals surface area contributed by atoms with Crippen LogP contribution < -0.4 is 10.1 Å². The van der Waals surface area contributed by atoms with E-state index in [4.69, 9.17) is 4.74 Å². The van der Waals surface area contributed by atoms with Gasteiger partial charge < -0.3 is 19.9 Å². The molecule has 128 valence electrons. The lowest BCUT2D eigenvalue weighted by Gasteiger charge is -2.26. The van der Waals surface area contributed by atoms with Crippen molar-refractivity contribution in [1.82, 2.24) is 15.1 Å². The number of nitrogens with zero attached hydrogens (tertiary/aromatic N) is 2. The van der Waals surface area contributed by atoms with Crippen LogP contribution in [0.2, 0.25) is 0 Å². The number of carbonyl (C=O) groups excluding carboxylic acids is 1. The minimum absolute atomic E-state index is 0.0393. The summed E-state index contributed by atoms with van der Waals surface area (Å²) in [5.74, 6) is 0. The zero-order valence-electron chi connectivity index (χ0n) is 14.0. The Labute approximate surface area is 142 Å². The van der Waals surface area contributed by atoms with Crippen LogP contribution in [0.3, 0.4) is 0 Å². The smallest absolute Gasteiger partial charge is 0.317 e. The lowest BCUT2D eigenvalue weighted by atomic mass is 10.1. The number of urea groups is 1. The van der Waals surface area contributed by atoms with Crippen LogP contribution in [0, 0.1) is 0 Å². The van der Waals surface area contributed by atoms with Gasteiger partial charge in [-0.1, -0.05) is 0 Å².